The first-order chi connectivity index (χ1) is 11.7. The van der Waals surface area contributed by atoms with Crippen LogP contribution in [-0.2, 0) is 23.1 Å². The van der Waals surface area contributed by atoms with Crippen molar-refractivity contribution in [2.24, 2.45) is 7.05 Å². The van der Waals surface area contributed by atoms with Crippen LogP contribution in [0.1, 0.15) is 31.5 Å². The fraction of sp³-hybridized carbons (Fsp3) is 0.833. The number of ether oxygens (including phenoxy) is 2. The zero-order chi connectivity index (χ0) is 16.4. The highest BCUT2D eigenvalue weighted by molar-refractivity contribution is 4.95. The van der Waals surface area contributed by atoms with Crippen LogP contribution in [0.15, 0.2) is 12.4 Å². The average molecular weight is 334 g/mol. The maximum atomic E-state index is 6.20. The minimum absolute atomic E-state index is 0.102. The summed E-state index contributed by atoms with van der Waals surface area (Å²) in [5.41, 5.74) is 0.102. The molecule has 0 unspecified atom stereocenters. The fourth-order valence-corrected chi connectivity index (χ4v) is 4.44. The Morgan fingerprint density at radius 3 is 2.67 bits per heavy atom. The molecule has 0 radical (unpaired) electrons. The second-order valence-corrected chi connectivity index (χ2v) is 7.56. The Hall–Kier alpha value is -0.950. The Balaban J connectivity index is 1.30. The van der Waals surface area contributed by atoms with Gasteiger partial charge in [-0.15, -0.1) is 0 Å². The lowest BCUT2D eigenvalue weighted by molar-refractivity contribution is -0.153. The van der Waals surface area contributed by atoms with E-state index in [4.69, 9.17) is 9.47 Å². The van der Waals surface area contributed by atoms with Crippen LogP contribution in [-0.4, -0.2) is 77.0 Å². The summed E-state index contributed by atoms with van der Waals surface area (Å²) in [5.74, 6) is 1.16. The molecular weight excluding hydrogens is 304 g/mol. The molecule has 24 heavy (non-hydrogen) atoms. The highest BCUT2D eigenvalue weighted by Crippen LogP contribution is 2.36. The van der Waals surface area contributed by atoms with E-state index in [2.05, 4.69) is 26.4 Å². The minimum atomic E-state index is 0.102. The predicted octanol–water partition coefficient (Wildman–Crippen LogP) is 1.27. The van der Waals surface area contributed by atoms with Crippen LogP contribution >= 0.6 is 0 Å². The summed E-state index contributed by atoms with van der Waals surface area (Å²) in [7, 11) is 2.08. The van der Waals surface area contributed by atoms with E-state index in [9.17, 15) is 0 Å². The number of hydrogen-bond donors (Lipinski definition) is 0. The number of imidazole rings is 1. The van der Waals surface area contributed by atoms with Crippen LogP contribution in [0.5, 0.6) is 0 Å². The molecule has 6 nitrogen and oxygen atoms in total. The van der Waals surface area contributed by atoms with E-state index in [0.717, 1.165) is 58.1 Å². The van der Waals surface area contributed by atoms with E-state index in [0.29, 0.717) is 6.04 Å². The third-order valence-electron chi connectivity index (χ3n) is 6.08. The van der Waals surface area contributed by atoms with Crippen molar-refractivity contribution in [2.45, 2.75) is 43.9 Å². The zero-order valence-electron chi connectivity index (χ0n) is 14.8. The Kier molecular flexibility index (Phi) is 4.90. The van der Waals surface area contributed by atoms with Crippen LogP contribution in [0.2, 0.25) is 0 Å². The lowest BCUT2D eigenvalue weighted by atomic mass is 9.83. The number of nitrogens with zero attached hydrogens (tertiary/aromatic N) is 4. The largest absolute Gasteiger partial charge is 0.381 e. The van der Waals surface area contributed by atoms with Gasteiger partial charge in [0.1, 0.15) is 5.82 Å². The monoisotopic (exact) mass is 334 g/mol. The first-order valence-corrected chi connectivity index (χ1v) is 9.38. The minimum Gasteiger partial charge on any atom is -0.381 e. The van der Waals surface area contributed by atoms with Crippen molar-refractivity contribution < 1.29 is 9.47 Å². The van der Waals surface area contributed by atoms with Crippen molar-refractivity contribution in [3.05, 3.63) is 18.2 Å². The van der Waals surface area contributed by atoms with E-state index in [-0.39, 0.29) is 5.60 Å². The molecular formula is C18H30N4O2. The normalized spacial score (nSPS) is 29.1. The van der Waals surface area contributed by atoms with Gasteiger partial charge in [0.05, 0.1) is 12.1 Å². The number of hydrogen-bond acceptors (Lipinski definition) is 5. The SMILES string of the molecule is Cn1ccnc1CN1CCN([C@H]2CCOC3(CCOCC3)C2)CC1. The molecule has 0 aromatic carbocycles. The molecule has 1 aromatic rings. The van der Waals surface area contributed by atoms with Gasteiger partial charge in [0, 0.05) is 71.5 Å². The van der Waals surface area contributed by atoms with Gasteiger partial charge in [0.25, 0.3) is 0 Å². The number of rotatable bonds is 3. The van der Waals surface area contributed by atoms with Gasteiger partial charge in [0.2, 0.25) is 0 Å². The third kappa shape index (κ3) is 3.52. The van der Waals surface area contributed by atoms with Gasteiger partial charge < -0.3 is 14.0 Å². The van der Waals surface area contributed by atoms with Crippen molar-refractivity contribution in [3.8, 4) is 0 Å². The summed E-state index contributed by atoms with van der Waals surface area (Å²) < 4.78 is 13.9. The van der Waals surface area contributed by atoms with Crippen LogP contribution in [0.4, 0.5) is 0 Å². The number of piperazine rings is 1. The first-order valence-electron chi connectivity index (χ1n) is 9.38. The lowest BCUT2D eigenvalue weighted by Gasteiger charge is -2.48. The molecule has 1 aromatic heterocycles. The number of aromatic nitrogens is 2. The molecule has 3 aliphatic rings. The van der Waals surface area contributed by atoms with Crippen molar-refractivity contribution in [1.82, 2.24) is 19.4 Å². The van der Waals surface area contributed by atoms with E-state index in [1.54, 1.807) is 0 Å². The second-order valence-electron chi connectivity index (χ2n) is 7.56. The maximum absolute atomic E-state index is 6.20. The summed E-state index contributed by atoms with van der Waals surface area (Å²) in [5, 5.41) is 0. The summed E-state index contributed by atoms with van der Waals surface area (Å²) in [4.78, 5) is 9.69. The highest BCUT2D eigenvalue weighted by Gasteiger charge is 2.41. The molecule has 0 aliphatic carbocycles. The molecule has 0 bridgehead atoms. The standard InChI is InChI=1S/C18H30N4O2/c1-20-6-5-19-17(20)15-21-7-9-22(10-8-21)16-2-11-24-18(14-16)3-12-23-13-4-18/h5-6,16H,2-4,7-15H2,1H3/t16-/m0/s1. The van der Waals surface area contributed by atoms with Gasteiger partial charge in [-0.25, -0.2) is 4.98 Å². The predicted molar refractivity (Wildman–Crippen MR) is 91.8 cm³/mol. The average Bonchev–Trinajstić information content (AvgIpc) is 3.01. The van der Waals surface area contributed by atoms with Crippen molar-refractivity contribution in [3.63, 3.8) is 0 Å². The maximum Gasteiger partial charge on any atom is 0.122 e. The van der Waals surface area contributed by atoms with Gasteiger partial charge in [-0.3, -0.25) is 9.80 Å². The summed E-state index contributed by atoms with van der Waals surface area (Å²) >= 11 is 0. The van der Waals surface area contributed by atoms with Gasteiger partial charge in [-0.05, 0) is 25.7 Å². The number of aryl methyl sites for hydroxylation is 1. The molecule has 4 heterocycles. The van der Waals surface area contributed by atoms with Crippen molar-refractivity contribution in [2.75, 3.05) is 46.0 Å². The smallest absolute Gasteiger partial charge is 0.122 e. The molecule has 3 saturated heterocycles. The molecule has 4 rings (SSSR count). The Morgan fingerprint density at radius 2 is 1.96 bits per heavy atom. The Bertz CT molecular complexity index is 527. The van der Waals surface area contributed by atoms with Crippen molar-refractivity contribution in [1.29, 1.82) is 0 Å². The van der Waals surface area contributed by atoms with Crippen LogP contribution in [0.3, 0.4) is 0 Å². The molecule has 0 saturated carbocycles. The van der Waals surface area contributed by atoms with Gasteiger partial charge in [-0.2, -0.15) is 0 Å². The van der Waals surface area contributed by atoms with Gasteiger partial charge in [-0.1, -0.05) is 0 Å². The first kappa shape index (κ1) is 16.5. The van der Waals surface area contributed by atoms with E-state index < -0.39 is 0 Å². The molecule has 3 aliphatic heterocycles. The fourth-order valence-electron chi connectivity index (χ4n) is 4.44. The van der Waals surface area contributed by atoms with Crippen LogP contribution in [0, 0.1) is 0 Å². The summed E-state index contributed by atoms with van der Waals surface area (Å²) in [6.45, 7) is 8.23. The molecule has 6 heteroatoms. The van der Waals surface area contributed by atoms with Gasteiger partial charge >= 0.3 is 0 Å². The third-order valence-corrected chi connectivity index (χ3v) is 6.08. The van der Waals surface area contributed by atoms with Crippen molar-refractivity contribution >= 4 is 0 Å². The Labute approximate surface area is 144 Å². The quantitative estimate of drug-likeness (QED) is 0.833. The van der Waals surface area contributed by atoms with Crippen LogP contribution < -0.4 is 0 Å². The second kappa shape index (κ2) is 7.12. The molecule has 134 valence electrons. The van der Waals surface area contributed by atoms with E-state index in [1.165, 1.54) is 25.9 Å². The van der Waals surface area contributed by atoms with E-state index in [1.807, 2.05) is 12.4 Å². The zero-order valence-corrected chi connectivity index (χ0v) is 14.8. The molecule has 0 amide bonds. The molecule has 1 atom stereocenters. The summed E-state index contributed by atoms with van der Waals surface area (Å²) in [6.07, 6.45) is 8.44. The summed E-state index contributed by atoms with van der Waals surface area (Å²) in [6, 6.07) is 0.687. The van der Waals surface area contributed by atoms with E-state index >= 15 is 0 Å². The highest BCUT2D eigenvalue weighted by atomic mass is 16.5. The van der Waals surface area contributed by atoms with Crippen LogP contribution in [0.25, 0.3) is 0 Å². The van der Waals surface area contributed by atoms with Gasteiger partial charge in [0.15, 0.2) is 0 Å². The molecule has 0 N–H and O–H groups in total. The lowest BCUT2D eigenvalue weighted by Crippen LogP contribution is -2.55. The molecule has 3 fully saturated rings. The molecule has 1 spiro atoms. The topological polar surface area (TPSA) is 42.8 Å². The Morgan fingerprint density at radius 1 is 1.17 bits per heavy atom.